The number of rotatable bonds is 8. The minimum atomic E-state index is -0.292. The SMILES string of the molecule is CCOc1cc(CNc2cc(Cl)cc(Cl)c2)cc(Cl)c1OCc1ccc(F)cc1. The number of nitrogens with one attached hydrogen (secondary N) is 1. The zero-order chi connectivity index (χ0) is 20.8. The molecule has 3 aromatic rings. The molecular weight excluding hydrogens is 436 g/mol. The van der Waals surface area contributed by atoms with Gasteiger partial charge in [-0.05, 0) is 60.5 Å². The van der Waals surface area contributed by atoms with Crippen LogP contribution in [0.3, 0.4) is 0 Å². The van der Waals surface area contributed by atoms with Crippen LogP contribution in [-0.4, -0.2) is 6.61 Å². The van der Waals surface area contributed by atoms with Gasteiger partial charge in [0.2, 0.25) is 0 Å². The van der Waals surface area contributed by atoms with Crippen molar-refractivity contribution < 1.29 is 13.9 Å². The maximum atomic E-state index is 13.1. The summed E-state index contributed by atoms with van der Waals surface area (Å²) < 4.78 is 24.6. The summed E-state index contributed by atoms with van der Waals surface area (Å²) in [5.74, 6) is 0.704. The van der Waals surface area contributed by atoms with Gasteiger partial charge in [-0.1, -0.05) is 46.9 Å². The summed E-state index contributed by atoms with van der Waals surface area (Å²) in [7, 11) is 0. The van der Waals surface area contributed by atoms with E-state index in [9.17, 15) is 4.39 Å². The van der Waals surface area contributed by atoms with E-state index in [1.807, 2.05) is 19.1 Å². The van der Waals surface area contributed by atoms with Gasteiger partial charge in [-0.2, -0.15) is 0 Å². The van der Waals surface area contributed by atoms with Crippen molar-refractivity contribution in [3.63, 3.8) is 0 Å². The molecule has 0 aliphatic rings. The molecule has 0 unspecified atom stereocenters. The largest absolute Gasteiger partial charge is 0.490 e. The lowest BCUT2D eigenvalue weighted by Gasteiger charge is -2.16. The van der Waals surface area contributed by atoms with Crippen LogP contribution in [0.25, 0.3) is 0 Å². The molecule has 0 radical (unpaired) electrons. The van der Waals surface area contributed by atoms with E-state index < -0.39 is 0 Å². The summed E-state index contributed by atoms with van der Waals surface area (Å²) in [6, 6.07) is 15.0. The van der Waals surface area contributed by atoms with Crippen LogP contribution in [0.5, 0.6) is 11.5 Å². The molecule has 152 valence electrons. The van der Waals surface area contributed by atoms with Crippen molar-refractivity contribution in [3.05, 3.63) is 86.6 Å². The highest BCUT2D eigenvalue weighted by molar-refractivity contribution is 6.35. The van der Waals surface area contributed by atoms with Crippen LogP contribution in [0.15, 0.2) is 54.6 Å². The Morgan fingerprint density at radius 3 is 2.21 bits per heavy atom. The van der Waals surface area contributed by atoms with Gasteiger partial charge in [0.15, 0.2) is 11.5 Å². The van der Waals surface area contributed by atoms with Gasteiger partial charge in [-0.15, -0.1) is 0 Å². The maximum Gasteiger partial charge on any atom is 0.180 e. The van der Waals surface area contributed by atoms with Gasteiger partial charge >= 0.3 is 0 Å². The Balaban J connectivity index is 1.75. The lowest BCUT2D eigenvalue weighted by molar-refractivity contribution is 0.269. The predicted octanol–water partition coefficient (Wildman–Crippen LogP) is 7.38. The van der Waals surface area contributed by atoms with E-state index in [0.717, 1.165) is 16.8 Å². The molecule has 0 bridgehead atoms. The fourth-order valence-corrected chi connectivity index (χ4v) is 3.54. The minimum absolute atomic E-state index is 0.249. The summed E-state index contributed by atoms with van der Waals surface area (Å²) in [4.78, 5) is 0. The molecule has 0 aliphatic carbocycles. The predicted molar refractivity (Wildman–Crippen MR) is 117 cm³/mol. The Bertz CT molecular complexity index is 960. The topological polar surface area (TPSA) is 30.5 Å². The van der Waals surface area contributed by atoms with Crippen molar-refractivity contribution >= 4 is 40.5 Å². The third-order valence-electron chi connectivity index (χ3n) is 4.02. The van der Waals surface area contributed by atoms with E-state index in [1.54, 1.807) is 30.3 Å². The summed E-state index contributed by atoms with van der Waals surface area (Å²) in [5.41, 5.74) is 2.53. The molecule has 0 aliphatic heterocycles. The lowest BCUT2D eigenvalue weighted by atomic mass is 10.2. The van der Waals surface area contributed by atoms with Crippen molar-refractivity contribution in [2.24, 2.45) is 0 Å². The smallest absolute Gasteiger partial charge is 0.180 e. The Morgan fingerprint density at radius 1 is 0.862 bits per heavy atom. The van der Waals surface area contributed by atoms with Crippen LogP contribution >= 0.6 is 34.8 Å². The van der Waals surface area contributed by atoms with Crippen LogP contribution in [0.1, 0.15) is 18.1 Å². The first-order chi connectivity index (χ1) is 13.9. The summed E-state index contributed by atoms with van der Waals surface area (Å²) in [6.07, 6.45) is 0. The fourth-order valence-electron chi connectivity index (χ4n) is 2.72. The Labute approximate surface area is 184 Å². The third kappa shape index (κ3) is 6.17. The van der Waals surface area contributed by atoms with Gasteiger partial charge in [-0.25, -0.2) is 4.39 Å². The van der Waals surface area contributed by atoms with Crippen molar-refractivity contribution in [1.29, 1.82) is 0 Å². The molecule has 0 fully saturated rings. The summed E-state index contributed by atoms with van der Waals surface area (Å²) in [6.45, 7) is 3.09. The van der Waals surface area contributed by atoms with Crippen LogP contribution < -0.4 is 14.8 Å². The molecule has 0 saturated heterocycles. The molecule has 0 saturated carbocycles. The lowest BCUT2D eigenvalue weighted by Crippen LogP contribution is -2.04. The number of hydrogen-bond donors (Lipinski definition) is 1. The van der Waals surface area contributed by atoms with Crippen molar-refractivity contribution in [1.82, 2.24) is 0 Å². The molecule has 0 spiro atoms. The highest BCUT2D eigenvalue weighted by atomic mass is 35.5. The molecule has 3 rings (SSSR count). The molecule has 3 aromatic carbocycles. The van der Waals surface area contributed by atoms with Gasteiger partial charge in [0.1, 0.15) is 12.4 Å². The number of benzene rings is 3. The normalized spacial score (nSPS) is 10.7. The first kappa shape index (κ1) is 21.6. The van der Waals surface area contributed by atoms with E-state index in [1.165, 1.54) is 12.1 Å². The highest BCUT2D eigenvalue weighted by Gasteiger charge is 2.13. The second-order valence-corrected chi connectivity index (χ2v) is 7.54. The second kappa shape index (κ2) is 10.1. The summed E-state index contributed by atoms with van der Waals surface area (Å²) in [5, 5.41) is 4.80. The van der Waals surface area contributed by atoms with E-state index in [-0.39, 0.29) is 12.4 Å². The molecule has 3 nitrogen and oxygen atoms in total. The van der Waals surface area contributed by atoms with Crippen molar-refractivity contribution in [2.75, 3.05) is 11.9 Å². The van der Waals surface area contributed by atoms with Crippen LogP contribution in [0, 0.1) is 5.82 Å². The molecule has 0 amide bonds. The van der Waals surface area contributed by atoms with Gasteiger partial charge in [0.25, 0.3) is 0 Å². The first-order valence-electron chi connectivity index (χ1n) is 8.97. The Hall–Kier alpha value is -2.14. The highest BCUT2D eigenvalue weighted by Crippen LogP contribution is 2.37. The molecule has 1 N–H and O–H groups in total. The molecule has 0 heterocycles. The van der Waals surface area contributed by atoms with Gasteiger partial charge in [-0.3, -0.25) is 0 Å². The zero-order valence-electron chi connectivity index (χ0n) is 15.6. The van der Waals surface area contributed by atoms with Gasteiger partial charge in [0.05, 0.1) is 11.6 Å². The molecule has 7 heteroatoms. The molecule has 0 atom stereocenters. The van der Waals surface area contributed by atoms with E-state index in [0.29, 0.717) is 39.7 Å². The number of halogens is 4. The summed E-state index contributed by atoms with van der Waals surface area (Å²) >= 11 is 18.5. The van der Waals surface area contributed by atoms with Crippen molar-refractivity contribution in [3.8, 4) is 11.5 Å². The standard InChI is InChI=1S/C22H19Cl3FNO2/c1-2-28-21-8-15(12-27-19-10-16(23)9-17(24)11-19)7-20(25)22(21)29-13-14-3-5-18(26)6-4-14/h3-11,27H,2,12-13H2,1H3. The zero-order valence-corrected chi connectivity index (χ0v) is 17.9. The molecular formula is C22H19Cl3FNO2. The number of anilines is 1. The van der Waals surface area contributed by atoms with Gasteiger partial charge in [0, 0.05) is 22.3 Å². The second-order valence-electron chi connectivity index (χ2n) is 6.26. The fraction of sp³-hybridized carbons (Fsp3) is 0.182. The quantitative estimate of drug-likeness (QED) is 0.385. The number of ether oxygens (including phenoxy) is 2. The average Bonchev–Trinajstić information content (AvgIpc) is 2.66. The maximum absolute atomic E-state index is 13.1. The molecule has 29 heavy (non-hydrogen) atoms. The van der Waals surface area contributed by atoms with Crippen molar-refractivity contribution in [2.45, 2.75) is 20.1 Å². The first-order valence-corrected chi connectivity index (χ1v) is 10.1. The van der Waals surface area contributed by atoms with E-state index in [4.69, 9.17) is 44.3 Å². The van der Waals surface area contributed by atoms with E-state index in [2.05, 4.69) is 5.32 Å². The van der Waals surface area contributed by atoms with Gasteiger partial charge < -0.3 is 14.8 Å². The van der Waals surface area contributed by atoms with Crippen LogP contribution in [0.2, 0.25) is 15.1 Å². The van der Waals surface area contributed by atoms with E-state index >= 15 is 0 Å². The molecule has 0 aromatic heterocycles. The Kier molecular flexibility index (Phi) is 7.48. The third-order valence-corrected chi connectivity index (χ3v) is 4.74. The monoisotopic (exact) mass is 453 g/mol. The Morgan fingerprint density at radius 2 is 1.55 bits per heavy atom. The average molecular weight is 455 g/mol. The minimum Gasteiger partial charge on any atom is -0.490 e. The van der Waals surface area contributed by atoms with Crippen LogP contribution in [0.4, 0.5) is 10.1 Å². The van der Waals surface area contributed by atoms with Crippen LogP contribution in [-0.2, 0) is 13.2 Å². The number of hydrogen-bond acceptors (Lipinski definition) is 3.